The molecule has 1 atom stereocenters. The van der Waals surface area contributed by atoms with E-state index in [1.807, 2.05) is 0 Å². The number of hydrogen-bond acceptors (Lipinski definition) is 7. The number of nitrogens with zero attached hydrogens (tertiary/aromatic N) is 3. The molecule has 2 aromatic carbocycles. The Bertz CT molecular complexity index is 1540. The minimum Gasteiger partial charge on any atom is -0.478 e. The average Bonchev–Trinajstić information content (AvgIpc) is 3.50. The first-order chi connectivity index (χ1) is 19.2. The Morgan fingerprint density at radius 3 is 2.52 bits per heavy atom. The maximum absolute atomic E-state index is 13.0. The SMILES string of the molecule is Cc1c(C(=O)O)ccc2c1CC[C@@H]2NC(=O)c1cc(C(=O)NCc2cccc(CN3C(=O)CNC3=O)c2)ncn1. The molecule has 0 unspecified atom stereocenters. The van der Waals surface area contributed by atoms with Gasteiger partial charge in [-0.2, -0.15) is 0 Å². The van der Waals surface area contributed by atoms with Gasteiger partial charge in [0.1, 0.15) is 17.7 Å². The molecule has 1 aliphatic heterocycles. The number of hydrogen-bond donors (Lipinski definition) is 4. The van der Waals surface area contributed by atoms with E-state index in [4.69, 9.17) is 0 Å². The summed E-state index contributed by atoms with van der Waals surface area (Å²) in [6, 6.07) is 11.0. The van der Waals surface area contributed by atoms with Crippen LogP contribution < -0.4 is 16.0 Å². The second-order valence-electron chi connectivity index (χ2n) is 9.61. The summed E-state index contributed by atoms with van der Waals surface area (Å²) in [7, 11) is 0. The summed E-state index contributed by atoms with van der Waals surface area (Å²) in [6.07, 6.45) is 2.42. The molecule has 12 nitrogen and oxygen atoms in total. The zero-order valence-electron chi connectivity index (χ0n) is 21.6. The van der Waals surface area contributed by atoms with E-state index in [0.717, 1.165) is 33.5 Å². The number of carboxylic acids is 1. The number of aromatic carboxylic acids is 1. The van der Waals surface area contributed by atoms with Crippen molar-refractivity contribution in [1.82, 2.24) is 30.8 Å². The van der Waals surface area contributed by atoms with Crippen molar-refractivity contribution >= 4 is 29.7 Å². The normalized spacial score (nSPS) is 15.9. The quantitative estimate of drug-likeness (QED) is 0.313. The number of aromatic nitrogens is 2. The largest absolute Gasteiger partial charge is 0.478 e. The van der Waals surface area contributed by atoms with E-state index in [1.54, 1.807) is 43.3 Å². The van der Waals surface area contributed by atoms with E-state index < -0.39 is 23.8 Å². The summed E-state index contributed by atoms with van der Waals surface area (Å²) in [5.74, 6) is -2.26. The third kappa shape index (κ3) is 5.37. The molecule has 1 aliphatic carbocycles. The lowest BCUT2D eigenvalue weighted by Gasteiger charge is -2.15. The summed E-state index contributed by atoms with van der Waals surface area (Å²) < 4.78 is 0. The molecule has 1 aromatic heterocycles. The van der Waals surface area contributed by atoms with Crippen LogP contribution in [0.1, 0.15) is 71.6 Å². The van der Waals surface area contributed by atoms with Crippen LogP contribution in [0.15, 0.2) is 48.8 Å². The smallest absolute Gasteiger partial charge is 0.335 e. The van der Waals surface area contributed by atoms with Gasteiger partial charge in [-0.1, -0.05) is 30.3 Å². The number of rotatable bonds is 8. The minimum absolute atomic E-state index is 0.0180. The van der Waals surface area contributed by atoms with Crippen LogP contribution in [0.4, 0.5) is 4.79 Å². The number of nitrogens with one attached hydrogen (secondary N) is 3. The average molecular weight is 543 g/mol. The number of carboxylic acid groups (broad SMARTS) is 1. The van der Waals surface area contributed by atoms with Gasteiger partial charge in [-0.15, -0.1) is 0 Å². The minimum atomic E-state index is -0.986. The summed E-state index contributed by atoms with van der Waals surface area (Å²) >= 11 is 0. The van der Waals surface area contributed by atoms with Gasteiger partial charge in [0, 0.05) is 12.6 Å². The van der Waals surface area contributed by atoms with Gasteiger partial charge in [0.2, 0.25) is 5.91 Å². The van der Waals surface area contributed by atoms with E-state index in [9.17, 15) is 29.1 Å². The molecule has 0 radical (unpaired) electrons. The Balaban J connectivity index is 1.21. The Morgan fingerprint density at radius 1 is 1.05 bits per heavy atom. The molecule has 0 saturated carbocycles. The first-order valence-corrected chi connectivity index (χ1v) is 12.6. The third-order valence-electron chi connectivity index (χ3n) is 7.08. The number of imide groups is 1. The van der Waals surface area contributed by atoms with Crippen LogP contribution in [-0.4, -0.2) is 56.2 Å². The van der Waals surface area contributed by atoms with Gasteiger partial charge in [0.25, 0.3) is 11.8 Å². The maximum atomic E-state index is 13.0. The van der Waals surface area contributed by atoms with Crippen molar-refractivity contribution in [2.75, 3.05) is 6.54 Å². The standard InChI is InChI=1S/C28H26N6O6/c1-15-18-7-8-21(20(18)6-5-19(15)27(38)39)33-26(37)23-10-22(31-14-32-23)25(36)29-11-16-3-2-4-17(9-16)13-34-24(35)12-30-28(34)40/h2-6,9-10,14,21H,7-8,11-13H2,1H3,(H,29,36)(H,30,40)(H,33,37)(H,38,39)/t21-/m0/s1. The fourth-order valence-electron chi connectivity index (χ4n) is 5.01. The van der Waals surface area contributed by atoms with Crippen LogP contribution in [0.25, 0.3) is 0 Å². The van der Waals surface area contributed by atoms with Crippen molar-refractivity contribution in [1.29, 1.82) is 0 Å². The Hall–Kier alpha value is -5.13. The van der Waals surface area contributed by atoms with Gasteiger partial charge in [-0.05, 0) is 53.6 Å². The van der Waals surface area contributed by atoms with Crippen LogP contribution in [0, 0.1) is 6.92 Å². The van der Waals surface area contributed by atoms with Crippen molar-refractivity contribution in [2.45, 2.75) is 38.9 Å². The maximum Gasteiger partial charge on any atom is 0.335 e. The van der Waals surface area contributed by atoms with E-state index in [2.05, 4.69) is 25.9 Å². The van der Waals surface area contributed by atoms with Gasteiger partial charge in [-0.25, -0.2) is 19.6 Å². The zero-order valence-corrected chi connectivity index (χ0v) is 21.6. The molecule has 5 rings (SSSR count). The van der Waals surface area contributed by atoms with Crippen molar-refractivity contribution in [3.05, 3.63) is 93.6 Å². The third-order valence-corrected chi connectivity index (χ3v) is 7.08. The molecule has 5 amide bonds. The van der Waals surface area contributed by atoms with Crippen molar-refractivity contribution in [3.63, 3.8) is 0 Å². The highest BCUT2D eigenvalue weighted by molar-refractivity contribution is 6.02. The lowest BCUT2D eigenvalue weighted by atomic mass is 9.98. The lowest BCUT2D eigenvalue weighted by Crippen LogP contribution is -2.30. The fourth-order valence-corrected chi connectivity index (χ4v) is 5.01. The molecule has 1 saturated heterocycles. The lowest BCUT2D eigenvalue weighted by molar-refractivity contribution is -0.125. The molecule has 0 spiro atoms. The highest BCUT2D eigenvalue weighted by Crippen LogP contribution is 2.34. The van der Waals surface area contributed by atoms with Crippen LogP contribution >= 0.6 is 0 Å². The molecule has 12 heteroatoms. The number of fused-ring (bicyclic) bond motifs is 1. The second kappa shape index (κ2) is 10.9. The van der Waals surface area contributed by atoms with Crippen molar-refractivity contribution < 1.29 is 29.1 Å². The van der Waals surface area contributed by atoms with Gasteiger partial charge in [0.15, 0.2) is 0 Å². The first kappa shape index (κ1) is 26.5. The number of carbonyl (C=O) groups is 5. The first-order valence-electron chi connectivity index (χ1n) is 12.6. The highest BCUT2D eigenvalue weighted by atomic mass is 16.4. The second-order valence-corrected chi connectivity index (χ2v) is 9.61. The Kier molecular flexibility index (Phi) is 7.23. The monoisotopic (exact) mass is 542 g/mol. The highest BCUT2D eigenvalue weighted by Gasteiger charge is 2.29. The predicted octanol–water partition coefficient (Wildman–Crippen LogP) is 1.88. The van der Waals surface area contributed by atoms with Gasteiger partial charge < -0.3 is 21.1 Å². The molecule has 3 aromatic rings. The van der Waals surface area contributed by atoms with E-state index in [0.29, 0.717) is 18.4 Å². The molecular formula is C28H26N6O6. The Morgan fingerprint density at radius 2 is 1.80 bits per heavy atom. The fraction of sp³-hybridized carbons (Fsp3) is 0.250. The number of amides is 5. The number of carbonyl (C=O) groups excluding carboxylic acids is 4. The van der Waals surface area contributed by atoms with Crippen LogP contribution in [0.3, 0.4) is 0 Å². The molecule has 2 heterocycles. The van der Waals surface area contributed by atoms with Crippen LogP contribution in [0.5, 0.6) is 0 Å². The molecule has 4 N–H and O–H groups in total. The number of urea groups is 1. The van der Waals surface area contributed by atoms with E-state index >= 15 is 0 Å². The van der Waals surface area contributed by atoms with Crippen molar-refractivity contribution in [2.24, 2.45) is 0 Å². The molecular weight excluding hydrogens is 516 g/mol. The van der Waals surface area contributed by atoms with Gasteiger partial charge in [-0.3, -0.25) is 19.3 Å². The van der Waals surface area contributed by atoms with E-state index in [-0.39, 0.29) is 48.5 Å². The van der Waals surface area contributed by atoms with Gasteiger partial charge in [0.05, 0.1) is 24.7 Å². The molecule has 1 fully saturated rings. The summed E-state index contributed by atoms with van der Waals surface area (Å²) in [4.78, 5) is 70.0. The molecule has 0 bridgehead atoms. The molecule has 2 aliphatic rings. The van der Waals surface area contributed by atoms with Crippen LogP contribution in [0.2, 0.25) is 0 Å². The number of benzene rings is 2. The summed E-state index contributed by atoms with van der Waals surface area (Å²) in [5, 5.41) is 17.5. The zero-order chi connectivity index (χ0) is 28.4. The van der Waals surface area contributed by atoms with Gasteiger partial charge >= 0.3 is 12.0 Å². The topological polar surface area (TPSA) is 171 Å². The molecule has 204 valence electrons. The summed E-state index contributed by atoms with van der Waals surface area (Å²) in [6.45, 7) is 2.04. The van der Waals surface area contributed by atoms with E-state index in [1.165, 1.54) is 6.07 Å². The van der Waals surface area contributed by atoms with Crippen molar-refractivity contribution in [3.8, 4) is 0 Å². The molecule has 40 heavy (non-hydrogen) atoms. The summed E-state index contributed by atoms with van der Waals surface area (Å²) in [5.41, 5.74) is 4.29. The van der Waals surface area contributed by atoms with Crippen LogP contribution in [-0.2, 0) is 24.3 Å². The Labute approximate surface area is 228 Å². The predicted molar refractivity (Wildman–Crippen MR) is 140 cm³/mol.